The second kappa shape index (κ2) is 7.74. The van der Waals surface area contributed by atoms with Crippen molar-refractivity contribution in [3.63, 3.8) is 0 Å². The molecule has 0 fully saturated rings. The number of nitrogens with zero attached hydrogens (tertiary/aromatic N) is 1. The maximum Gasteiger partial charge on any atom is 0.260 e. The number of benzene rings is 1. The predicted octanol–water partition coefficient (Wildman–Crippen LogP) is 1.82. The highest BCUT2D eigenvalue weighted by Gasteiger charge is 2.17. The molecule has 19 heavy (non-hydrogen) atoms. The first-order valence-electron chi connectivity index (χ1n) is 6.34. The third kappa shape index (κ3) is 4.87. The molecule has 0 radical (unpaired) electrons. The number of halogens is 1. The Bertz CT molecular complexity index is 409. The van der Waals surface area contributed by atoms with Crippen LogP contribution in [0.4, 0.5) is 4.39 Å². The van der Waals surface area contributed by atoms with Gasteiger partial charge >= 0.3 is 0 Å². The Morgan fingerprint density at radius 3 is 2.68 bits per heavy atom. The van der Waals surface area contributed by atoms with Gasteiger partial charge in [-0.15, -0.1) is 0 Å². The van der Waals surface area contributed by atoms with Gasteiger partial charge in [0.1, 0.15) is 0 Å². The molecule has 1 aromatic rings. The van der Waals surface area contributed by atoms with E-state index in [1.165, 1.54) is 12.1 Å². The summed E-state index contributed by atoms with van der Waals surface area (Å²) >= 11 is 0. The standard InChI is InChI=1S/C14H20FNO3/c1-11(2)16(8-5-9-17)14(18)10-19-13-7-4-3-6-12(13)15/h3-4,6-7,11,17H,5,8-10H2,1-2H3. The molecule has 1 rings (SSSR count). The molecule has 0 saturated heterocycles. The quantitative estimate of drug-likeness (QED) is 0.821. The minimum atomic E-state index is -0.484. The van der Waals surface area contributed by atoms with Crippen molar-refractivity contribution in [1.29, 1.82) is 0 Å². The summed E-state index contributed by atoms with van der Waals surface area (Å²) in [7, 11) is 0. The number of aliphatic hydroxyl groups is 1. The zero-order valence-electron chi connectivity index (χ0n) is 11.3. The van der Waals surface area contributed by atoms with Gasteiger partial charge in [-0.05, 0) is 32.4 Å². The fourth-order valence-electron chi connectivity index (χ4n) is 1.70. The molecule has 0 heterocycles. The Morgan fingerprint density at radius 2 is 2.11 bits per heavy atom. The average molecular weight is 269 g/mol. The average Bonchev–Trinajstić information content (AvgIpc) is 2.38. The molecule has 0 aliphatic heterocycles. The number of carbonyl (C=O) groups is 1. The molecule has 0 spiro atoms. The Morgan fingerprint density at radius 1 is 1.42 bits per heavy atom. The maximum atomic E-state index is 13.3. The number of rotatable bonds is 7. The van der Waals surface area contributed by atoms with Gasteiger partial charge in [0.2, 0.25) is 0 Å². The molecule has 0 aliphatic carbocycles. The Labute approximate surface area is 112 Å². The van der Waals surface area contributed by atoms with E-state index in [4.69, 9.17) is 9.84 Å². The van der Waals surface area contributed by atoms with Crippen molar-refractivity contribution in [2.75, 3.05) is 19.8 Å². The Balaban J connectivity index is 2.55. The molecule has 1 aromatic carbocycles. The van der Waals surface area contributed by atoms with E-state index in [0.29, 0.717) is 13.0 Å². The number of para-hydroxylation sites is 1. The monoisotopic (exact) mass is 269 g/mol. The zero-order valence-corrected chi connectivity index (χ0v) is 11.3. The summed E-state index contributed by atoms with van der Waals surface area (Å²) in [5.41, 5.74) is 0. The highest BCUT2D eigenvalue weighted by Crippen LogP contribution is 2.15. The number of aliphatic hydroxyl groups excluding tert-OH is 1. The topological polar surface area (TPSA) is 49.8 Å². The number of amides is 1. The lowest BCUT2D eigenvalue weighted by molar-refractivity contribution is -0.135. The normalized spacial score (nSPS) is 10.6. The number of ether oxygens (including phenoxy) is 1. The molecule has 4 nitrogen and oxygen atoms in total. The summed E-state index contributed by atoms with van der Waals surface area (Å²) in [6.45, 7) is 4.07. The molecular weight excluding hydrogens is 249 g/mol. The highest BCUT2D eigenvalue weighted by molar-refractivity contribution is 5.78. The van der Waals surface area contributed by atoms with Crippen LogP contribution in [0.15, 0.2) is 24.3 Å². The first kappa shape index (κ1) is 15.4. The van der Waals surface area contributed by atoms with Crippen LogP contribution >= 0.6 is 0 Å². The van der Waals surface area contributed by atoms with Crippen LogP contribution in [0.25, 0.3) is 0 Å². The van der Waals surface area contributed by atoms with Gasteiger partial charge in [-0.3, -0.25) is 4.79 Å². The van der Waals surface area contributed by atoms with Crippen LogP contribution in [0.1, 0.15) is 20.3 Å². The summed E-state index contributed by atoms with van der Waals surface area (Å²) in [5.74, 6) is -0.629. The van der Waals surface area contributed by atoms with E-state index in [1.54, 1.807) is 17.0 Å². The fraction of sp³-hybridized carbons (Fsp3) is 0.500. The van der Waals surface area contributed by atoms with Gasteiger partial charge in [0.25, 0.3) is 5.91 Å². The minimum absolute atomic E-state index is 0.0169. The maximum absolute atomic E-state index is 13.3. The van der Waals surface area contributed by atoms with Gasteiger partial charge in [0.05, 0.1) is 0 Å². The molecule has 1 N–H and O–H groups in total. The van der Waals surface area contributed by atoms with Crippen molar-refractivity contribution in [1.82, 2.24) is 4.90 Å². The van der Waals surface area contributed by atoms with E-state index in [0.717, 1.165) is 0 Å². The van der Waals surface area contributed by atoms with Gasteiger partial charge in [0.15, 0.2) is 18.2 Å². The Hall–Kier alpha value is -1.62. The van der Waals surface area contributed by atoms with Crippen molar-refractivity contribution in [3.05, 3.63) is 30.1 Å². The lowest BCUT2D eigenvalue weighted by atomic mass is 10.3. The van der Waals surface area contributed by atoms with E-state index >= 15 is 0 Å². The minimum Gasteiger partial charge on any atom is -0.481 e. The predicted molar refractivity (Wildman–Crippen MR) is 70.4 cm³/mol. The molecule has 5 heteroatoms. The second-order valence-corrected chi connectivity index (χ2v) is 4.48. The highest BCUT2D eigenvalue weighted by atomic mass is 19.1. The van der Waals surface area contributed by atoms with Crippen molar-refractivity contribution in [2.45, 2.75) is 26.3 Å². The molecule has 0 aliphatic rings. The summed E-state index contributed by atoms with van der Waals surface area (Å²) in [5, 5.41) is 8.80. The largest absolute Gasteiger partial charge is 0.481 e. The van der Waals surface area contributed by atoms with E-state index in [1.807, 2.05) is 13.8 Å². The van der Waals surface area contributed by atoms with Gasteiger partial charge in [-0.25, -0.2) is 4.39 Å². The molecule has 1 amide bonds. The van der Waals surface area contributed by atoms with Crippen LogP contribution in [0.2, 0.25) is 0 Å². The van der Waals surface area contributed by atoms with Crippen LogP contribution in [0.3, 0.4) is 0 Å². The van der Waals surface area contributed by atoms with E-state index in [-0.39, 0.29) is 30.9 Å². The van der Waals surface area contributed by atoms with Crippen molar-refractivity contribution >= 4 is 5.91 Å². The first-order chi connectivity index (χ1) is 9.06. The zero-order chi connectivity index (χ0) is 14.3. The number of carbonyl (C=O) groups excluding carboxylic acids is 1. The third-order valence-corrected chi connectivity index (χ3v) is 2.69. The molecular formula is C14H20FNO3. The molecule has 0 atom stereocenters. The van der Waals surface area contributed by atoms with E-state index in [9.17, 15) is 9.18 Å². The lowest BCUT2D eigenvalue weighted by Gasteiger charge is -2.26. The van der Waals surface area contributed by atoms with E-state index in [2.05, 4.69) is 0 Å². The molecule has 0 bridgehead atoms. The molecule has 0 unspecified atom stereocenters. The fourth-order valence-corrected chi connectivity index (χ4v) is 1.70. The third-order valence-electron chi connectivity index (χ3n) is 2.69. The van der Waals surface area contributed by atoms with Crippen LogP contribution in [-0.4, -0.2) is 41.7 Å². The van der Waals surface area contributed by atoms with Crippen molar-refractivity contribution < 1.29 is 19.0 Å². The summed E-state index contributed by atoms with van der Waals surface area (Å²) in [4.78, 5) is 13.6. The second-order valence-electron chi connectivity index (χ2n) is 4.48. The van der Waals surface area contributed by atoms with Gasteiger partial charge in [-0.2, -0.15) is 0 Å². The van der Waals surface area contributed by atoms with Crippen LogP contribution < -0.4 is 4.74 Å². The summed E-state index contributed by atoms with van der Waals surface area (Å²) in [6.07, 6.45) is 0.517. The number of hydrogen-bond acceptors (Lipinski definition) is 3. The van der Waals surface area contributed by atoms with Gasteiger partial charge in [0, 0.05) is 19.2 Å². The van der Waals surface area contributed by atoms with Crippen LogP contribution in [0, 0.1) is 5.82 Å². The Kier molecular flexibility index (Phi) is 6.29. The first-order valence-corrected chi connectivity index (χ1v) is 6.34. The summed E-state index contributed by atoms with van der Waals surface area (Å²) in [6, 6.07) is 5.99. The number of hydrogen-bond donors (Lipinski definition) is 1. The summed E-state index contributed by atoms with van der Waals surface area (Å²) < 4.78 is 18.5. The van der Waals surface area contributed by atoms with Crippen LogP contribution in [0.5, 0.6) is 5.75 Å². The van der Waals surface area contributed by atoms with E-state index < -0.39 is 5.82 Å². The SMILES string of the molecule is CC(C)N(CCCO)C(=O)COc1ccccc1F. The van der Waals surface area contributed by atoms with Crippen molar-refractivity contribution in [3.8, 4) is 5.75 Å². The smallest absolute Gasteiger partial charge is 0.260 e. The molecule has 0 aromatic heterocycles. The lowest BCUT2D eigenvalue weighted by Crippen LogP contribution is -2.40. The van der Waals surface area contributed by atoms with Crippen LogP contribution in [-0.2, 0) is 4.79 Å². The molecule has 106 valence electrons. The van der Waals surface area contributed by atoms with Gasteiger partial charge in [-0.1, -0.05) is 12.1 Å². The molecule has 0 saturated carbocycles. The van der Waals surface area contributed by atoms with Gasteiger partial charge < -0.3 is 14.7 Å². The van der Waals surface area contributed by atoms with Crippen molar-refractivity contribution in [2.24, 2.45) is 0 Å².